The Kier molecular flexibility index (Phi) is 6.78. The molecule has 0 spiro atoms. The van der Waals surface area contributed by atoms with Crippen molar-refractivity contribution in [3.63, 3.8) is 0 Å². The highest BCUT2D eigenvalue weighted by molar-refractivity contribution is 5.97. The van der Waals surface area contributed by atoms with Gasteiger partial charge in [0.1, 0.15) is 12.3 Å². The van der Waals surface area contributed by atoms with Crippen LogP contribution in [0.2, 0.25) is 0 Å². The standard InChI is InChI=1S/C21H26N2O3/c1-15-8-9-19(12-16(15)2)23(17(3)24)14-21(25)22-11-10-18-6-5-7-20(13-18)26-4/h5-9,12-13H,10-11,14H2,1-4H3,(H,22,25). The van der Waals surface area contributed by atoms with Crippen molar-refractivity contribution >= 4 is 17.5 Å². The number of rotatable bonds is 7. The Bertz CT molecular complexity index is 787. The fourth-order valence-corrected chi connectivity index (χ4v) is 2.65. The number of nitrogens with one attached hydrogen (secondary N) is 1. The van der Waals surface area contributed by atoms with Crippen LogP contribution in [0.15, 0.2) is 42.5 Å². The summed E-state index contributed by atoms with van der Waals surface area (Å²) < 4.78 is 5.20. The van der Waals surface area contributed by atoms with Crippen molar-refractivity contribution in [2.24, 2.45) is 0 Å². The van der Waals surface area contributed by atoms with Crippen LogP contribution in [0.25, 0.3) is 0 Å². The molecule has 0 aliphatic carbocycles. The summed E-state index contributed by atoms with van der Waals surface area (Å²) in [5.41, 5.74) is 4.07. The number of ether oxygens (including phenoxy) is 1. The SMILES string of the molecule is COc1cccc(CCNC(=O)CN(C(C)=O)c2ccc(C)c(C)c2)c1. The summed E-state index contributed by atoms with van der Waals surface area (Å²) in [5.74, 6) is 0.462. The van der Waals surface area contributed by atoms with E-state index in [2.05, 4.69) is 5.32 Å². The number of benzene rings is 2. The normalized spacial score (nSPS) is 10.3. The van der Waals surface area contributed by atoms with Gasteiger partial charge in [-0.05, 0) is 61.2 Å². The molecule has 2 rings (SSSR count). The third kappa shape index (κ3) is 5.34. The minimum absolute atomic E-state index is 0.00987. The van der Waals surface area contributed by atoms with E-state index < -0.39 is 0 Å². The second-order valence-corrected chi connectivity index (χ2v) is 6.33. The fourth-order valence-electron chi connectivity index (χ4n) is 2.65. The van der Waals surface area contributed by atoms with Gasteiger partial charge in [-0.2, -0.15) is 0 Å². The van der Waals surface area contributed by atoms with Crippen LogP contribution in [0.1, 0.15) is 23.6 Å². The van der Waals surface area contributed by atoms with Gasteiger partial charge in [0.05, 0.1) is 7.11 Å². The van der Waals surface area contributed by atoms with Gasteiger partial charge in [0.25, 0.3) is 0 Å². The zero-order chi connectivity index (χ0) is 19.1. The Morgan fingerprint density at radius 2 is 1.85 bits per heavy atom. The number of aryl methyl sites for hydroxylation is 2. The Balaban J connectivity index is 1.93. The molecule has 0 aliphatic rings. The predicted octanol–water partition coefficient (Wildman–Crippen LogP) is 3.02. The molecule has 5 nitrogen and oxygen atoms in total. The lowest BCUT2D eigenvalue weighted by molar-refractivity contribution is -0.123. The molecule has 0 aliphatic heterocycles. The van der Waals surface area contributed by atoms with Crippen molar-refractivity contribution in [1.29, 1.82) is 0 Å². The van der Waals surface area contributed by atoms with E-state index in [-0.39, 0.29) is 18.4 Å². The first-order chi connectivity index (χ1) is 12.4. The lowest BCUT2D eigenvalue weighted by Crippen LogP contribution is -2.40. The summed E-state index contributed by atoms with van der Waals surface area (Å²) >= 11 is 0. The molecule has 0 unspecified atom stereocenters. The average Bonchev–Trinajstić information content (AvgIpc) is 2.62. The van der Waals surface area contributed by atoms with Gasteiger partial charge < -0.3 is 15.0 Å². The molecule has 26 heavy (non-hydrogen) atoms. The van der Waals surface area contributed by atoms with E-state index >= 15 is 0 Å². The summed E-state index contributed by atoms with van der Waals surface area (Å²) in [4.78, 5) is 25.7. The average molecular weight is 354 g/mol. The zero-order valence-electron chi connectivity index (χ0n) is 15.8. The van der Waals surface area contributed by atoms with E-state index in [1.54, 1.807) is 7.11 Å². The molecule has 0 heterocycles. The van der Waals surface area contributed by atoms with Crippen LogP contribution >= 0.6 is 0 Å². The number of hydrogen-bond donors (Lipinski definition) is 1. The lowest BCUT2D eigenvalue weighted by Gasteiger charge is -2.21. The van der Waals surface area contributed by atoms with E-state index in [0.29, 0.717) is 13.0 Å². The maximum Gasteiger partial charge on any atom is 0.240 e. The first-order valence-electron chi connectivity index (χ1n) is 8.65. The number of carbonyl (C=O) groups is 2. The summed E-state index contributed by atoms with van der Waals surface area (Å²) in [6.45, 7) is 5.99. The van der Waals surface area contributed by atoms with Gasteiger partial charge in [0, 0.05) is 19.2 Å². The second-order valence-electron chi connectivity index (χ2n) is 6.33. The summed E-state index contributed by atoms with van der Waals surface area (Å²) in [5, 5.41) is 2.88. The van der Waals surface area contributed by atoms with Crippen LogP contribution in [0.4, 0.5) is 5.69 Å². The molecule has 0 saturated carbocycles. The van der Waals surface area contributed by atoms with Crippen LogP contribution in [0.3, 0.4) is 0 Å². The number of amides is 2. The predicted molar refractivity (Wildman–Crippen MR) is 104 cm³/mol. The molecule has 2 aromatic rings. The molecule has 0 radical (unpaired) electrons. The van der Waals surface area contributed by atoms with E-state index in [4.69, 9.17) is 4.74 Å². The highest BCUT2D eigenvalue weighted by Crippen LogP contribution is 2.19. The molecule has 2 amide bonds. The molecule has 5 heteroatoms. The monoisotopic (exact) mass is 354 g/mol. The van der Waals surface area contributed by atoms with Crippen molar-refractivity contribution in [2.45, 2.75) is 27.2 Å². The number of hydrogen-bond acceptors (Lipinski definition) is 3. The van der Waals surface area contributed by atoms with E-state index in [9.17, 15) is 9.59 Å². The minimum atomic E-state index is -0.179. The zero-order valence-corrected chi connectivity index (χ0v) is 15.8. The molecule has 0 bridgehead atoms. The maximum absolute atomic E-state index is 12.3. The summed E-state index contributed by atoms with van der Waals surface area (Å²) in [6, 6.07) is 13.5. The molecule has 0 fully saturated rings. The third-order valence-electron chi connectivity index (χ3n) is 4.35. The molecule has 1 N–H and O–H groups in total. The Morgan fingerprint density at radius 3 is 2.50 bits per heavy atom. The second kappa shape index (κ2) is 9.04. The molecular weight excluding hydrogens is 328 g/mol. The highest BCUT2D eigenvalue weighted by atomic mass is 16.5. The van der Waals surface area contributed by atoms with Gasteiger partial charge in [-0.15, -0.1) is 0 Å². The molecule has 2 aromatic carbocycles. The maximum atomic E-state index is 12.3. The van der Waals surface area contributed by atoms with Crippen LogP contribution in [-0.2, 0) is 16.0 Å². The van der Waals surface area contributed by atoms with E-state index in [1.165, 1.54) is 11.8 Å². The quantitative estimate of drug-likeness (QED) is 0.831. The smallest absolute Gasteiger partial charge is 0.240 e. The number of nitrogens with zero attached hydrogens (tertiary/aromatic N) is 1. The van der Waals surface area contributed by atoms with Gasteiger partial charge in [0.2, 0.25) is 11.8 Å². The number of carbonyl (C=O) groups excluding carboxylic acids is 2. The van der Waals surface area contributed by atoms with E-state index in [0.717, 1.165) is 28.1 Å². The van der Waals surface area contributed by atoms with Crippen LogP contribution in [-0.4, -0.2) is 32.0 Å². The third-order valence-corrected chi connectivity index (χ3v) is 4.35. The van der Waals surface area contributed by atoms with Crippen molar-refractivity contribution in [3.05, 3.63) is 59.2 Å². The molecule has 0 atom stereocenters. The van der Waals surface area contributed by atoms with Crippen LogP contribution < -0.4 is 15.0 Å². The molecule has 0 aromatic heterocycles. The topological polar surface area (TPSA) is 58.6 Å². The van der Waals surface area contributed by atoms with Crippen LogP contribution in [0, 0.1) is 13.8 Å². The minimum Gasteiger partial charge on any atom is -0.497 e. The first kappa shape index (κ1) is 19.5. The Labute approximate surface area is 155 Å². The Hall–Kier alpha value is -2.82. The van der Waals surface area contributed by atoms with Gasteiger partial charge in [-0.1, -0.05) is 18.2 Å². The van der Waals surface area contributed by atoms with Gasteiger partial charge >= 0.3 is 0 Å². The number of methoxy groups -OCH3 is 1. The largest absolute Gasteiger partial charge is 0.497 e. The first-order valence-corrected chi connectivity index (χ1v) is 8.65. The fraction of sp³-hybridized carbons (Fsp3) is 0.333. The van der Waals surface area contributed by atoms with Gasteiger partial charge in [-0.3, -0.25) is 9.59 Å². The summed E-state index contributed by atoms with van der Waals surface area (Å²) in [7, 11) is 1.63. The molecule has 0 saturated heterocycles. The van der Waals surface area contributed by atoms with E-state index in [1.807, 2.05) is 56.3 Å². The number of anilines is 1. The summed E-state index contributed by atoms with van der Waals surface area (Å²) in [6.07, 6.45) is 0.701. The van der Waals surface area contributed by atoms with Crippen molar-refractivity contribution in [2.75, 3.05) is 25.1 Å². The molecule has 138 valence electrons. The van der Waals surface area contributed by atoms with Gasteiger partial charge in [0.15, 0.2) is 0 Å². The van der Waals surface area contributed by atoms with Crippen molar-refractivity contribution in [1.82, 2.24) is 5.32 Å². The van der Waals surface area contributed by atoms with Crippen molar-refractivity contribution < 1.29 is 14.3 Å². The van der Waals surface area contributed by atoms with Gasteiger partial charge in [-0.25, -0.2) is 0 Å². The highest BCUT2D eigenvalue weighted by Gasteiger charge is 2.16. The lowest BCUT2D eigenvalue weighted by atomic mass is 10.1. The molecular formula is C21H26N2O3. The van der Waals surface area contributed by atoms with Crippen LogP contribution in [0.5, 0.6) is 5.75 Å². The Morgan fingerprint density at radius 1 is 1.08 bits per heavy atom. The van der Waals surface area contributed by atoms with Crippen molar-refractivity contribution in [3.8, 4) is 5.75 Å².